The molecule has 1 amide bonds. The van der Waals surface area contributed by atoms with Crippen molar-refractivity contribution in [3.05, 3.63) is 42.0 Å². The SMILES string of the molecule is C[C@@H](OC(=O)[C@@H]1CC=CCC1)C(=O)Nc1cccc(C#N)c1. The van der Waals surface area contributed by atoms with Crippen molar-refractivity contribution in [2.45, 2.75) is 32.3 Å². The van der Waals surface area contributed by atoms with Gasteiger partial charge in [-0.1, -0.05) is 18.2 Å². The standard InChI is InChI=1S/C17H18N2O3/c1-12(22-17(21)14-7-3-2-4-8-14)16(20)19-15-9-5-6-13(10-15)11-18/h2-3,5-6,9-10,12,14H,4,7-8H2,1H3,(H,19,20)/t12-,14-/m1/s1. The first-order valence-electron chi connectivity index (χ1n) is 7.26. The lowest BCUT2D eigenvalue weighted by molar-refractivity contribution is -0.157. The maximum absolute atomic E-state index is 12.0. The van der Waals surface area contributed by atoms with Crippen molar-refractivity contribution in [2.24, 2.45) is 5.92 Å². The van der Waals surface area contributed by atoms with Crippen molar-refractivity contribution in [2.75, 3.05) is 5.32 Å². The van der Waals surface area contributed by atoms with Gasteiger partial charge in [-0.15, -0.1) is 0 Å². The Kier molecular flexibility index (Phi) is 5.31. The molecular weight excluding hydrogens is 280 g/mol. The van der Waals surface area contributed by atoms with Crippen LogP contribution in [-0.4, -0.2) is 18.0 Å². The fraction of sp³-hybridized carbons (Fsp3) is 0.353. The van der Waals surface area contributed by atoms with Gasteiger partial charge in [-0.3, -0.25) is 9.59 Å². The van der Waals surface area contributed by atoms with Gasteiger partial charge < -0.3 is 10.1 Å². The molecule has 2 atom stereocenters. The number of allylic oxidation sites excluding steroid dienone is 2. The van der Waals surface area contributed by atoms with Crippen LogP contribution < -0.4 is 5.32 Å². The van der Waals surface area contributed by atoms with Gasteiger partial charge in [0.1, 0.15) is 0 Å². The Bertz CT molecular complexity index is 631. The summed E-state index contributed by atoms with van der Waals surface area (Å²) in [7, 11) is 0. The van der Waals surface area contributed by atoms with Crippen molar-refractivity contribution in [1.82, 2.24) is 0 Å². The maximum Gasteiger partial charge on any atom is 0.310 e. The summed E-state index contributed by atoms with van der Waals surface area (Å²) in [5.41, 5.74) is 0.962. The van der Waals surface area contributed by atoms with E-state index in [1.807, 2.05) is 18.2 Å². The first-order chi connectivity index (χ1) is 10.6. The van der Waals surface area contributed by atoms with Crippen LogP contribution in [0.1, 0.15) is 31.7 Å². The van der Waals surface area contributed by atoms with Gasteiger partial charge in [0.2, 0.25) is 0 Å². The van der Waals surface area contributed by atoms with Crippen LogP contribution in [0.3, 0.4) is 0 Å². The number of rotatable bonds is 4. The molecule has 1 aliphatic carbocycles. The number of nitriles is 1. The maximum atomic E-state index is 12.0. The summed E-state index contributed by atoms with van der Waals surface area (Å²) >= 11 is 0. The zero-order valence-corrected chi connectivity index (χ0v) is 12.4. The largest absolute Gasteiger partial charge is 0.452 e. The lowest BCUT2D eigenvalue weighted by atomic mass is 9.95. The molecule has 0 saturated carbocycles. The minimum Gasteiger partial charge on any atom is -0.452 e. The molecule has 0 radical (unpaired) electrons. The highest BCUT2D eigenvalue weighted by Gasteiger charge is 2.25. The van der Waals surface area contributed by atoms with E-state index in [1.165, 1.54) is 0 Å². The Morgan fingerprint density at radius 2 is 2.23 bits per heavy atom. The van der Waals surface area contributed by atoms with Crippen molar-refractivity contribution in [3.63, 3.8) is 0 Å². The Balaban J connectivity index is 1.90. The van der Waals surface area contributed by atoms with Crippen molar-refractivity contribution >= 4 is 17.6 Å². The quantitative estimate of drug-likeness (QED) is 0.684. The molecule has 0 aliphatic heterocycles. The summed E-state index contributed by atoms with van der Waals surface area (Å²) in [6, 6.07) is 8.58. The number of nitrogens with one attached hydrogen (secondary N) is 1. The smallest absolute Gasteiger partial charge is 0.310 e. The van der Waals surface area contributed by atoms with E-state index in [1.54, 1.807) is 31.2 Å². The lowest BCUT2D eigenvalue weighted by Gasteiger charge is -2.19. The van der Waals surface area contributed by atoms with E-state index in [9.17, 15) is 9.59 Å². The van der Waals surface area contributed by atoms with Gasteiger partial charge in [0, 0.05) is 5.69 Å². The molecule has 1 N–H and O–H groups in total. The van der Waals surface area contributed by atoms with Gasteiger partial charge >= 0.3 is 5.97 Å². The van der Waals surface area contributed by atoms with Crippen molar-refractivity contribution < 1.29 is 14.3 Å². The number of nitrogens with zero attached hydrogens (tertiary/aromatic N) is 1. The molecule has 1 aliphatic rings. The molecule has 5 heteroatoms. The first kappa shape index (κ1) is 15.8. The minimum atomic E-state index is -0.871. The lowest BCUT2D eigenvalue weighted by Crippen LogP contribution is -2.32. The van der Waals surface area contributed by atoms with Gasteiger partial charge in [0.15, 0.2) is 6.10 Å². The summed E-state index contributed by atoms with van der Waals surface area (Å²) in [5, 5.41) is 11.5. The van der Waals surface area contributed by atoms with E-state index < -0.39 is 12.0 Å². The van der Waals surface area contributed by atoms with Crippen LogP contribution in [0.2, 0.25) is 0 Å². The molecule has 0 fully saturated rings. The second-order valence-electron chi connectivity index (χ2n) is 5.24. The zero-order chi connectivity index (χ0) is 15.9. The van der Waals surface area contributed by atoms with Crippen LogP contribution in [0.25, 0.3) is 0 Å². The fourth-order valence-electron chi connectivity index (χ4n) is 2.24. The number of hydrogen-bond acceptors (Lipinski definition) is 4. The second kappa shape index (κ2) is 7.41. The minimum absolute atomic E-state index is 0.165. The Morgan fingerprint density at radius 1 is 1.41 bits per heavy atom. The van der Waals surface area contributed by atoms with Gasteiger partial charge in [-0.25, -0.2) is 0 Å². The highest BCUT2D eigenvalue weighted by Crippen LogP contribution is 2.20. The molecule has 1 aromatic rings. The summed E-state index contributed by atoms with van der Waals surface area (Å²) in [6.45, 7) is 1.54. The number of carbonyl (C=O) groups excluding carboxylic acids is 2. The second-order valence-corrected chi connectivity index (χ2v) is 5.24. The zero-order valence-electron chi connectivity index (χ0n) is 12.4. The third-order valence-electron chi connectivity index (χ3n) is 3.52. The van der Waals surface area contributed by atoms with E-state index in [0.29, 0.717) is 17.7 Å². The molecule has 0 unspecified atom stereocenters. The van der Waals surface area contributed by atoms with E-state index in [0.717, 1.165) is 12.8 Å². The van der Waals surface area contributed by atoms with Crippen molar-refractivity contribution in [1.29, 1.82) is 5.26 Å². The van der Waals surface area contributed by atoms with Gasteiger partial charge in [-0.05, 0) is 44.4 Å². The van der Waals surface area contributed by atoms with Gasteiger partial charge in [0.05, 0.1) is 17.6 Å². The van der Waals surface area contributed by atoms with Gasteiger partial charge in [0.25, 0.3) is 5.91 Å². The fourth-order valence-corrected chi connectivity index (χ4v) is 2.24. The summed E-state index contributed by atoms with van der Waals surface area (Å²) in [4.78, 5) is 24.0. The number of anilines is 1. The summed E-state index contributed by atoms with van der Waals surface area (Å²) in [5.74, 6) is -0.908. The number of amides is 1. The molecule has 0 saturated heterocycles. The molecule has 0 spiro atoms. The summed E-state index contributed by atoms with van der Waals surface area (Å²) < 4.78 is 5.23. The van der Waals surface area contributed by atoms with Crippen LogP contribution in [0.5, 0.6) is 0 Å². The number of hydrogen-bond donors (Lipinski definition) is 1. The Labute approximate surface area is 129 Å². The van der Waals surface area contributed by atoms with Gasteiger partial charge in [-0.2, -0.15) is 5.26 Å². The van der Waals surface area contributed by atoms with E-state index in [-0.39, 0.29) is 11.9 Å². The third kappa shape index (κ3) is 4.19. The van der Waals surface area contributed by atoms with Crippen LogP contribution in [0.15, 0.2) is 36.4 Å². The normalized spacial score (nSPS) is 18.1. The number of esters is 1. The molecule has 114 valence electrons. The van der Waals surface area contributed by atoms with Crippen LogP contribution in [0.4, 0.5) is 5.69 Å². The molecule has 0 bridgehead atoms. The topological polar surface area (TPSA) is 79.2 Å². The molecule has 0 aromatic heterocycles. The van der Waals surface area contributed by atoms with E-state index >= 15 is 0 Å². The molecule has 22 heavy (non-hydrogen) atoms. The molecule has 5 nitrogen and oxygen atoms in total. The molecule has 1 aromatic carbocycles. The molecular formula is C17H18N2O3. The molecule has 2 rings (SSSR count). The third-order valence-corrected chi connectivity index (χ3v) is 3.52. The van der Waals surface area contributed by atoms with Crippen LogP contribution >= 0.6 is 0 Å². The predicted octanol–water partition coefficient (Wildman–Crippen LogP) is 2.78. The number of ether oxygens (including phenoxy) is 1. The average molecular weight is 298 g/mol. The number of benzene rings is 1. The highest BCUT2D eigenvalue weighted by atomic mass is 16.5. The highest BCUT2D eigenvalue weighted by molar-refractivity contribution is 5.95. The van der Waals surface area contributed by atoms with Crippen LogP contribution in [-0.2, 0) is 14.3 Å². The Morgan fingerprint density at radius 3 is 2.91 bits per heavy atom. The summed E-state index contributed by atoms with van der Waals surface area (Å²) in [6.07, 6.45) is 5.42. The number of carbonyl (C=O) groups is 2. The first-order valence-corrected chi connectivity index (χ1v) is 7.26. The molecule has 0 heterocycles. The Hall–Kier alpha value is -2.61. The van der Waals surface area contributed by atoms with E-state index in [4.69, 9.17) is 10.00 Å². The van der Waals surface area contributed by atoms with E-state index in [2.05, 4.69) is 5.32 Å². The monoisotopic (exact) mass is 298 g/mol. The van der Waals surface area contributed by atoms with Crippen molar-refractivity contribution in [3.8, 4) is 6.07 Å². The predicted molar refractivity (Wildman–Crippen MR) is 81.8 cm³/mol. The van der Waals surface area contributed by atoms with Crippen LogP contribution in [0, 0.1) is 17.2 Å². The average Bonchev–Trinajstić information content (AvgIpc) is 2.55.